The number of carbonyl (C=O) groups is 2. The van der Waals surface area contributed by atoms with E-state index in [1.54, 1.807) is 29.2 Å². The third kappa shape index (κ3) is 1.73. The summed E-state index contributed by atoms with van der Waals surface area (Å²) in [6, 6.07) is 16.5. The summed E-state index contributed by atoms with van der Waals surface area (Å²) in [6.07, 6.45) is 1.53. The second kappa shape index (κ2) is 4.81. The van der Waals surface area contributed by atoms with Gasteiger partial charge in [0.25, 0.3) is 5.91 Å². The van der Waals surface area contributed by atoms with Crippen LogP contribution < -0.4 is 4.90 Å². The summed E-state index contributed by atoms with van der Waals surface area (Å²) in [7, 11) is 0. The lowest BCUT2D eigenvalue weighted by molar-refractivity contribution is -0.129. The second-order valence-electron chi connectivity index (χ2n) is 6.70. The zero-order valence-corrected chi connectivity index (χ0v) is 14.2. The Morgan fingerprint density at radius 2 is 1.54 bits per heavy atom. The van der Waals surface area contributed by atoms with E-state index in [1.807, 2.05) is 44.2 Å². The van der Waals surface area contributed by atoms with E-state index in [9.17, 15) is 9.59 Å². The Labute approximate surface area is 145 Å². The lowest BCUT2D eigenvalue weighted by Crippen LogP contribution is -2.51. The van der Waals surface area contributed by atoms with Crippen LogP contribution in [0.4, 0.5) is 5.69 Å². The molecule has 4 heteroatoms. The van der Waals surface area contributed by atoms with Crippen LogP contribution in [0.5, 0.6) is 0 Å². The van der Waals surface area contributed by atoms with Gasteiger partial charge in [-0.1, -0.05) is 74.0 Å². The summed E-state index contributed by atoms with van der Waals surface area (Å²) in [5, 5.41) is 0. The molecule has 2 aromatic rings. The molecule has 0 radical (unpaired) electrons. The summed E-state index contributed by atoms with van der Waals surface area (Å²) >= 11 is 6.64. The molecular formula is C20H16ClNO2. The lowest BCUT2D eigenvalue weighted by Gasteiger charge is -2.36. The maximum Gasteiger partial charge on any atom is 0.265 e. The molecule has 0 spiro atoms. The molecule has 1 amide bonds. The Hall–Kier alpha value is -2.39. The van der Waals surface area contributed by atoms with Gasteiger partial charge in [-0.3, -0.25) is 14.5 Å². The number of carbonyl (C=O) groups excluding carboxylic acids is 2. The minimum absolute atomic E-state index is 0.382. The van der Waals surface area contributed by atoms with Crippen molar-refractivity contribution in [2.45, 2.75) is 24.1 Å². The van der Waals surface area contributed by atoms with Gasteiger partial charge in [-0.15, -0.1) is 0 Å². The van der Waals surface area contributed by atoms with Crippen LogP contribution in [0.2, 0.25) is 0 Å². The Morgan fingerprint density at radius 1 is 0.917 bits per heavy atom. The highest BCUT2D eigenvalue weighted by Gasteiger charge is 2.56. The van der Waals surface area contributed by atoms with Gasteiger partial charge in [0.05, 0.1) is 5.69 Å². The highest BCUT2D eigenvalue weighted by Crippen LogP contribution is 2.52. The highest BCUT2D eigenvalue weighted by atomic mass is 35.5. The predicted molar refractivity (Wildman–Crippen MR) is 94.0 cm³/mol. The van der Waals surface area contributed by atoms with Crippen LogP contribution in [-0.4, -0.2) is 11.7 Å². The van der Waals surface area contributed by atoms with E-state index >= 15 is 0 Å². The van der Waals surface area contributed by atoms with Gasteiger partial charge in [-0.25, -0.2) is 0 Å². The normalized spacial score (nSPS) is 24.5. The standard InChI is InChI=1S/C20H16ClNO2/c1-19(2)14-10-6-7-11-15(14)22-16(19)12-17(23)20(21,18(22)24)13-8-4-3-5-9-13/h3-12H,1-2H3. The number of anilines is 1. The lowest BCUT2D eigenvalue weighted by atomic mass is 9.80. The van der Waals surface area contributed by atoms with Crippen molar-refractivity contribution in [3.05, 3.63) is 77.5 Å². The van der Waals surface area contributed by atoms with Crippen LogP contribution in [0, 0.1) is 0 Å². The van der Waals surface area contributed by atoms with E-state index in [-0.39, 0.29) is 5.78 Å². The van der Waals surface area contributed by atoms with Crippen molar-refractivity contribution in [2.24, 2.45) is 0 Å². The number of halogens is 1. The molecule has 2 heterocycles. The second-order valence-corrected chi connectivity index (χ2v) is 7.27. The average Bonchev–Trinajstić information content (AvgIpc) is 2.81. The molecule has 0 bridgehead atoms. The summed E-state index contributed by atoms with van der Waals surface area (Å²) in [5.74, 6) is -0.789. The van der Waals surface area contributed by atoms with Crippen LogP contribution in [0.3, 0.4) is 0 Å². The number of rotatable bonds is 1. The number of alkyl halides is 1. The fourth-order valence-electron chi connectivity index (χ4n) is 3.62. The Kier molecular flexibility index (Phi) is 3.03. The summed E-state index contributed by atoms with van der Waals surface area (Å²) in [5.41, 5.74) is 2.58. The minimum Gasteiger partial charge on any atom is -0.292 e. The number of hydrogen-bond donors (Lipinski definition) is 0. The number of ketones is 1. The van der Waals surface area contributed by atoms with Crippen LogP contribution in [-0.2, 0) is 19.9 Å². The van der Waals surface area contributed by atoms with Gasteiger partial charge in [-0.2, -0.15) is 0 Å². The summed E-state index contributed by atoms with van der Waals surface area (Å²) < 4.78 is 0. The van der Waals surface area contributed by atoms with Crippen molar-refractivity contribution in [3.63, 3.8) is 0 Å². The van der Waals surface area contributed by atoms with Crippen molar-refractivity contribution in [1.29, 1.82) is 0 Å². The molecule has 2 aliphatic heterocycles. The predicted octanol–water partition coefficient (Wildman–Crippen LogP) is 3.91. The van der Waals surface area contributed by atoms with Gasteiger partial charge in [0.1, 0.15) is 0 Å². The molecule has 0 saturated carbocycles. The van der Waals surface area contributed by atoms with Crippen molar-refractivity contribution < 1.29 is 9.59 Å². The molecule has 1 atom stereocenters. The largest absolute Gasteiger partial charge is 0.292 e. The zero-order valence-electron chi connectivity index (χ0n) is 13.4. The Balaban J connectivity index is 1.97. The van der Waals surface area contributed by atoms with Crippen molar-refractivity contribution in [2.75, 3.05) is 4.90 Å². The van der Waals surface area contributed by atoms with Crippen LogP contribution >= 0.6 is 11.6 Å². The smallest absolute Gasteiger partial charge is 0.265 e. The molecule has 2 aromatic carbocycles. The molecule has 0 aliphatic carbocycles. The van der Waals surface area contributed by atoms with Gasteiger partial charge in [0.15, 0.2) is 5.78 Å². The monoisotopic (exact) mass is 337 g/mol. The minimum atomic E-state index is -1.71. The van der Waals surface area contributed by atoms with Crippen molar-refractivity contribution in [1.82, 2.24) is 0 Å². The molecule has 3 nitrogen and oxygen atoms in total. The fraction of sp³-hybridized carbons (Fsp3) is 0.200. The molecule has 0 fully saturated rings. The molecule has 0 N–H and O–H groups in total. The van der Waals surface area contributed by atoms with Crippen molar-refractivity contribution >= 4 is 29.0 Å². The highest BCUT2D eigenvalue weighted by molar-refractivity contribution is 6.50. The number of hydrogen-bond acceptors (Lipinski definition) is 2. The Morgan fingerprint density at radius 3 is 2.25 bits per heavy atom. The first-order valence-corrected chi connectivity index (χ1v) is 8.21. The van der Waals surface area contributed by atoms with Gasteiger partial charge < -0.3 is 0 Å². The number of para-hydroxylation sites is 1. The first kappa shape index (κ1) is 15.2. The van der Waals surface area contributed by atoms with E-state index < -0.39 is 16.2 Å². The van der Waals surface area contributed by atoms with Gasteiger partial charge in [-0.05, 0) is 17.2 Å². The Bertz CT molecular complexity index is 901. The molecule has 0 aromatic heterocycles. The molecule has 24 heavy (non-hydrogen) atoms. The third-order valence-electron chi connectivity index (χ3n) is 4.98. The average molecular weight is 338 g/mol. The van der Waals surface area contributed by atoms with Crippen molar-refractivity contribution in [3.8, 4) is 0 Å². The van der Waals surface area contributed by atoms with E-state index in [0.29, 0.717) is 11.3 Å². The van der Waals surface area contributed by atoms with E-state index in [1.165, 1.54) is 6.08 Å². The first-order valence-electron chi connectivity index (χ1n) is 7.83. The SMILES string of the molecule is CC1(C)C2=CC(=O)C(Cl)(c3ccccc3)C(=O)N2c2ccccc21. The molecule has 0 saturated heterocycles. The van der Waals surface area contributed by atoms with Crippen LogP contribution in [0.25, 0.3) is 0 Å². The topological polar surface area (TPSA) is 37.4 Å². The molecule has 2 aliphatic rings. The summed E-state index contributed by atoms with van der Waals surface area (Å²) in [4.78, 5) is 26.1. The maximum atomic E-state index is 13.3. The third-order valence-corrected chi connectivity index (χ3v) is 5.54. The maximum absolute atomic E-state index is 13.3. The molecular weight excluding hydrogens is 322 g/mol. The van der Waals surface area contributed by atoms with E-state index in [4.69, 9.17) is 11.6 Å². The fourth-order valence-corrected chi connectivity index (χ4v) is 3.89. The van der Waals surface area contributed by atoms with Crippen LogP contribution in [0.15, 0.2) is 66.4 Å². The molecule has 1 unspecified atom stereocenters. The zero-order chi connectivity index (χ0) is 17.1. The van der Waals surface area contributed by atoms with Gasteiger partial charge in [0.2, 0.25) is 4.87 Å². The number of benzene rings is 2. The number of nitrogens with zero attached hydrogens (tertiary/aromatic N) is 1. The first-order chi connectivity index (χ1) is 11.4. The van der Waals surface area contributed by atoms with E-state index in [2.05, 4.69) is 0 Å². The number of allylic oxidation sites excluding steroid dienone is 2. The van der Waals surface area contributed by atoms with E-state index in [0.717, 1.165) is 11.3 Å². The van der Waals surface area contributed by atoms with Gasteiger partial charge >= 0.3 is 0 Å². The number of amides is 1. The number of fused-ring (bicyclic) bond motifs is 3. The molecule has 4 rings (SSSR count). The van der Waals surface area contributed by atoms with Crippen LogP contribution in [0.1, 0.15) is 25.0 Å². The summed E-state index contributed by atoms with van der Waals surface area (Å²) in [6.45, 7) is 4.03. The quantitative estimate of drug-likeness (QED) is 0.584. The van der Waals surface area contributed by atoms with Gasteiger partial charge in [0, 0.05) is 17.2 Å². The molecule has 120 valence electrons.